The Morgan fingerprint density at radius 3 is 2.52 bits per heavy atom. The van der Waals surface area contributed by atoms with Crippen LogP contribution in [0.1, 0.15) is 19.4 Å². The van der Waals surface area contributed by atoms with Gasteiger partial charge in [0.2, 0.25) is 11.2 Å². The molecule has 0 amide bonds. The maximum Gasteiger partial charge on any atom is 0.204 e. The standard InChI is InChI=1S/C18H16O7/c1-18(2)11(6-19)24-10-5-9(21)12-14(22)7-3-4-8(20)15(23)16(7)25-17(12)13(10)18/h3-5,11,19-21,23H,6H2,1-2H3/t11-/m0/s1. The van der Waals surface area contributed by atoms with E-state index < -0.39 is 28.4 Å². The summed E-state index contributed by atoms with van der Waals surface area (Å²) in [6.45, 7) is 3.39. The normalized spacial score (nSPS) is 18.4. The summed E-state index contributed by atoms with van der Waals surface area (Å²) in [6.07, 6.45) is -0.578. The van der Waals surface area contributed by atoms with Gasteiger partial charge in [0.05, 0.1) is 12.0 Å². The van der Waals surface area contributed by atoms with Crippen molar-refractivity contribution in [2.45, 2.75) is 25.4 Å². The predicted molar refractivity (Wildman–Crippen MR) is 89.5 cm³/mol. The van der Waals surface area contributed by atoms with Gasteiger partial charge >= 0.3 is 0 Å². The molecule has 7 heteroatoms. The molecule has 4 rings (SSSR count). The van der Waals surface area contributed by atoms with E-state index in [4.69, 9.17) is 9.15 Å². The van der Waals surface area contributed by atoms with Crippen molar-refractivity contribution in [3.05, 3.63) is 34.0 Å². The first kappa shape index (κ1) is 15.6. The lowest BCUT2D eigenvalue weighted by molar-refractivity contribution is 0.0888. The molecule has 2 aromatic carbocycles. The maximum atomic E-state index is 12.8. The number of benzene rings is 2. The first-order valence-electron chi connectivity index (χ1n) is 7.72. The third-order valence-electron chi connectivity index (χ3n) is 4.89. The van der Waals surface area contributed by atoms with Crippen molar-refractivity contribution < 1.29 is 29.6 Å². The quantitative estimate of drug-likeness (QED) is 0.394. The fraction of sp³-hybridized carbons (Fsp3) is 0.278. The molecule has 1 aliphatic heterocycles. The van der Waals surface area contributed by atoms with E-state index in [0.29, 0.717) is 11.3 Å². The Kier molecular flexibility index (Phi) is 2.99. The van der Waals surface area contributed by atoms with Crippen LogP contribution in [0.25, 0.3) is 21.9 Å². The molecule has 0 saturated carbocycles. The summed E-state index contributed by atoms with van der Waals surface area (Å²) in [5, 5.41) is 39.6. The monoisotopic (exact) mass is 344 g/mol. The number of hydrogen-bond acceptors (Lipinski definition) is 7. The minimum Gasteiger partial charge on any atom is -0.507 e. The van der Waals surface area contributed by atoms with Crippen LogP contribution in [0, 0.1) is 0 Å². The second-order valence-electron chi connectivity index (χ2n) is 6.72. The highest BCUT2D eigenvalue weighted by Crippen LogP contribution is 2.49. The molecule has 1 aromatic heterocycles. The molecular weight excluding hydrogens is 328 g/mol. The Balaban J connectivity index is 2.24. The maximum absolute atomic E-state index is 12.8. The Morgan fingerprint density at radius 1 is 1.12 bits per heavy atom. The van der Waals surface area contributed by atoms with Crippen molar-refractivity contribution >= 4 is 21.9 Å². The summed E-state index contributed by atoms with van der Waals surface area (Å²) in [4.78, 5) is 12.8. The van der Waals surface area contributed by atoms with Crippen molar-refractivity contribution in [3.63, 3.8) is 0 Å². The number of aliphatic hydroxyl groups excluding tert-OH is 1. The molecule has 25 heavy (non-hydrogen) atoms. The van der Waals surface area contributed by atoms with E-state index >= 15 is 0 Å². The van der Waals surface area contributed by atoms with Gasteiger partial charge < -0.3 is 29.6 Å². The molecule has 130 valence electrons. The van der Waals surface area contributed by atoms with Crippen LogP contribution >= 0.6 is 0 Å². The van der Waals surface area contributed by atoms with Crippen molar-refractivity contribution in [2.75, 3.05) is 6.61 Å². The van der Waals surface area contributed by atoms with E-state index in [9.17, 15) is 25.2 Å². The zero-order valence-corrected chi connectivity index (χ0v) is 13.5. The Labute approximate surface area is 141 Å². The minimum absolute atomic E-state index is 0.0356. The number of phenolic OH excluding ortho intramolecular Hbond substituents is 3. The third kappa shape index (κ3) is 1.87. The molecule has 1 atom stereocenters. The topological polar surface area (TPSA) is 120 Å². The molecule has 0 unspecified atom stereocenters. The van der Waals surface area contributed by atoms with Gasteiger partial charge in [-0.05, 0) is 12.1 Å². The smallest absolute Gasteiger partial charge is 0.204 e. The SMILES string of the molecule is CC1(C)c2c(cc(O)c3c(=O)c4ccc(O)c(O)c4oc23)O[C@H]1CO. The molecule has 0 bridgehead atoms. The summed E-state index contributed by atoms with van der Waals surface area (Å²) >= 11 is 0. The van der Waals surface area contributed by atoms with Gasteiger partial charge in [-0.15, -0.1) is 0 Å². The van der Waals surface area contributed by atoms with Crippen molar-refractivity contribution in [2.24, 2.45) is 0 Å². The summed E-state index contributed by atoms with van der Waals surface area (Å²) in [5.41, 5.74) is -0.828. The zero-order chi connectivity index (χ0) is 18.1. The molecule has 0 saturated heterocycles. The summed E-state index contributed by atoms with van der Waals surface area (Å²) in [5.74, 6) is -0.984. The second kappa shape index (κ2) is 4.80. The molecule has 1 aliphatic rings. The van der Waals surface area contributed by atoms with Gasteiger partial charge in [-0.25, -0.2) is 0 Å². The number of ether oxygens (including phenoxy) is 1. The van der Waals surface area contributed by atoms with Gasteiger partial charge in [0.15, 0.2) is 11.3 Å². The largest absolute Gasteiger partial charge is 0.507 e. The Morgan fingerprint density at radius 2 is 1.84 bits per heavy atom. The molecule has 0 fully saturated rings. The lowest BCUT2D eigenvalue weighted by Crippen LogP contribution is -2.35. The van der Waals surface area contributed by atoms with Crippen molar-refractivity contribution in [3.8, 4) is 23.0 Å². The second-order valence-corrected chi connectivity index (χ2v) is 6.72. The molecule has 4 N–H and O–H groups in total. The van der Waals surface area contributed by atoms with Crippen molar-refractivity contribution in [1.82, 2.24) is 0 Å². The fourth-order valence-electron chi connectivity index (χ4n) is 3.45. The Bertz CT molecular complexity index is 1090. The minimum atomic E-state index is -0.702. The Hall–Kier alpha value is -2.93. The van der Waals surface area contributed by atoms with Gasteiger partial charge in [-0.3, -0.25) is 4.79 Å². The van der Waals surface area contributed by atoms with E-state index in [1.165, 1.54) is 18.2 Å². The number of hydrogen-bond donors (Lipinski definition) is 4. The van der Waals surface area contributed by atoms with E-state index in [1.54, 1.807) is 0 Å². The van der Waals surface area contributed by atoms with Gasteiger partial charge in [-0.1, -0.05) is 13.8 Å². The van der Waals surface area contributed by atoms with Crippen molar-refractivity contribution in [1.29, 1.82) is 0 Å². The highest BCUT2D eigenvalue weighted by atomic mass is 16.5. The van der Waals surface area contributed by atoms with Crippen LogP contribution in [0.15, 0.2) is 27.4 Å². The van der Waals surface area contributed by atoms with Crippen LogP contribution in [0.3, 0.4) is 0 Å². The molecule has 3 aromatic rings. The molecule has 0 radical (unpaired) electrons. The van der Waals surface area contributed by atoms with Gasteiger partial charge in [-0.2, -0.15) is 0 Å². The van der Waals surface area contributed by atoms with Crippen LogP contribution in [0.5, 0.6) is 23.0 Å². The first-order valence-corrected chi connectivity index (χ1v) is 7.72. The lowest BCUT2D eigenvalue weighted by Gasteiger charge is -2.24. The van der Waals surface area contributed by atoms with E-state index in [-0.39, 0.29) is 34.3 Å². The van der Waals surface area contributed by atoms with Crippen LogP contribution < -0.4 is 10.2 Å². The van der Waals surface area contributed by atoms with E-state index in [0.717, 1.165) is 0 Å². The number of aromatic hydroxyl groups is 3. The number of aliphatic hydroxyl groups is 1. The number of phenols is 3. The third-order valence-corrected chi connectivity index (χ3v) is 4.89. The van der Waals surface area contributed by atoms with Crippen LogP contribution in [-0.4, -0.2) is 33.1 Å². The van der Waals surface area contributed by atoms with Gasteiger partial charge in [0, 0.05) is 17.0 Å². The molecule has 0 spiro atoms. The lowest BCUT2D eigenvalue weighted by atomic mass is 9.80. The average Bonchev–Trinajstić information content (AvgIpc) is 2.81. The fourth-order valence-corrected chi connectivity index (χ4v) is 3.45. The van der Waals surface area contributed by atoms with E-state index in [2.05, 4.69) is 0 Å². The summed E-state index contributed by atoms with van der Waals surface area (Å²) in [7, 11) is 0. The number of fused-ring (bicyclic) bond motifs is 4. The molecular formula is C18H16O7. The average molecular weight is 344 g/mol. The molecule has 7 nitrogen and oxygen atoms in total. The highest BCUT2D eigenvalue weighted by Gasteiger charge is 2.44. The van der Waals surface area contributed by atoms with Gasteiger partial charge in [0.25, 0.3) is 0 Å². The molecule has 2 heterocycles. The van der Waals surface area contributed by atoms with E-state index in [1.807, 2.05) is 13.8 Å². The van der Waals surface area contributed by atoms with Crippen LogP contribution in [0.2, 0.25) is 0 Å². The molecule has 0 aliphatic carbocycles. The van der Waals surface area contributed by atoms with Crippen LogP contribution in [0.4, 0.5) is 0 Å². The number of rotatable bonds is 1. The highest BCUT2D eigenvalue weighted by molar-refractivity contribution is 5.98. The van der Waals surface area contributed by atoms with Crippen LogP contribution in [-0.2, 0) is 5.41 Å². The predicted octanol–water partition coefficient (Wildman–Crippen LogP) is 2.09. The summed E-state index contributed by atoms with van der Waals surface area (Å²) < 4.78 is 11.4. The summed E-state index contributed by atoms with van der Waals surface area (Å²) in [6, 6.07) is 3.83. The zero-order valence-electron chi connectivity index (χ0n) is 13.5. The first-order chi connectivity index (χ1) is 11.8. The van der Waals surface area contributed by atoms with Gasteiger partial charge in [0.1, 0.15) is 28.6 Å².